The number of non-ortho nitro benzene ring substituents is 1. The van der Waals surface area contributed by atoms with Gasteiger partial charge in [0.25, 0.3) is 11.6 Å². The van der Waals surface area contributed by atoms with E-state index < -0.39 is 10.9 Å². The molecule has 0 spiro atoms. The van der Waals surface area contributed by atoms with Crippen LogP contribution in [0.5, 0.6) is 5.75 Å². The highest BCUT2D eigenvalue weighted by Crippen LogP contribution is 2.36. The van der Waals surface area contributed by atoms with Crippen LogP contribution in [0.15, 0.2) is 101 Å². The molecule has 0 unspecified atom stereocenters. The molecule has 3 aromatic carbocycles. The summed E-state index contributed by atoms with van der Waals surface area (Å²) in [6, 6.07) is 23.3. The first-order chi connectivity index (χ1) is 19.3. The highest BCUT2D eigenvalue weighted by atomic mass is 32.2. The molecule has 11 heteroatoms. The number of ether oxygens (including phenoxy) is 1. The average molecular weight is 555 g/mol. The average Bonchev–Trinajstić information content (AvgIpc) is 3.54. The van der Waals surface area contributed by atoms with Crippen molar-refractivity contribution in [2.45, 2.75) is 6.54 Å². The molecule has 2 heterocycles. The van der Waals surface area contributed by atoms with Crippen molar-refractivity contribution in [2.75, 3.05) is 7.11 Å². The number of carboxylic acid groups (broad SMARTS) is 1. The third-order valence-electron chi connectivity index (χ3n) is 6.10. The van der Waals surface area contributed by atoms with Crippen molar-refractivity contribution in [3.8, 4) is 11.4 Å². The first-order valence-corrected chi connectivity index (χ1v) is 12.8. The number of nitro groups is 1. The van der Waals surface area contributed by atoms with Crippen LogP contribution >= 0.6 is 11.8 Å². The van der Waals surface area contributed by atoms with Gasteiger partial charge in [0.2, 0.25) is 0 Å². The topological polar surface area (TPSA) is 127 Å². The van der Waals surface area contributed by atoms with Crippen molar-refractivity contribution in [1.82, 2.24) is 9.47 Å². The van der Waals surface area contributed by atoms with Gasteiger partial charge in [0, 0.05) is 24.0 Å². The number of nitro benzene ring substituents is 1. The second kappa shape index (κ2) is 11.3. The molecule has 40 heavy (non-hydrogen) atoms. The number of thioether (sulfide) groups is 1. The summed E-state index contributed by atoms with van der Waals surface area (Å²) in [6.45, 7) is 0.184. The predicted octanol–water partition coefficient (Wildman–Crippen LogP) is 5.90. The number of benzene rings is 3. The summed E-state index contributed by atoms with van der Waals surface area (Å²) >= 11 is 1.21. The number of rotatable bonds is 8. The van der Waals surface area contributed by atoms with Gasteiger partial charge < -0.3 is 14.4 Å². The van der Waals surface area contributed by atoms with Crippen LogP contribution in [0.1, 0.15) is 21.6 Å². The zero-order valence-corrected chi connectivity index (χ0v) is 21.9. The molecule has 1 amide bonds. The van der Waals surface area contributed by atoms with Crippen LogP contribution in [0.2, 0.25) is 0 Å². The maximum absolute atomic E-state index is 13.6. The smallest absolute Gasteiger partial charge is 0.335 e. The van der Waals surface area contributed by atoms with Gasteiger partial charge in [-0.2, -0.15) is 0 Å². The van der Waals surface area contributed by atoms with Crippen LogP contribution < -0.4 is 4.74 Å². The fourth-order valence-electron chi connectivity index (χ4n) is 4.07. The van der Waals surface area contributed by atoms with Gasteiger partial charge in [-0.1, -0.05) is 18.2 Å². The number of carbonyl (C=O) groups excluding carboxylic acids is 1. The maximum Gasteiger partial charge on any atom is 0.335 e. The van der Waals surface area contributed by atoms with Crippen molar-refractivity contribution < 1.29 is 24.4 Å². The van der Waals surface area contributed by atoms with Crippen LogP contribution in [0.4, 0.5) is 11.4 Å². The van der Waals surface area contributed by atoms with Gasteiger partial charge in [-0.15, -0.1) is 0 Å². The molecule has 0 saturated carbocycles. The molecule has 1 N–H and O–H groups in total. The Kier molecular flexibility index (Phi) is 7.47. The van der Waals surface area contributed by atoms with Crippen LogP contribution in [-0.2, 0) is 11.3 Å². The molecule has 1 aromatic heterocycles. The SMILES string of the molecule is COc1ccc(N=C2S/C(=C\c3cccn3-c3cccc([N+](=O)[O-])c3)C(=O)N2Cc2ccc(C(=O)O)cc2)cc1. The molecule has 1 aliphatic rings. The summed E-state index contributed by atoms with van der Waals surface area (Å²) in [4.78, 5) is 42.4. The van der Waals surface area contributed by atoms with E-state index in [1.54, 1.807) is 78.5 Å². The van der Waals surface area contributed by atoms with Gasteiger partial charge in [0.15, 0.2) is 5.17 Å². The third kappa shape index (κ3) is 5.64. The van der Waals surface area contributed by atoms with E-state index in [1.807, 2.05) is 6.07 Å². The lowest BCUT2D eigenvalue weighted by atomic mass is 10.1. The Labute approximate surface area is 233 Å². The predicted molar refractivity (Wildman–Crippen MR) is 152 cm³/mol. The Hall–Kier alpha value is -5.16. The molecule has 4 aromatic rings. The van der Waals surface area contributed by atoms with E-state index in [0.29, 0.717) is 32.9 Å². The Morgan fingerprint density at radius 3 is 2.50 bits per heavy atom. The van der Waals surface area contributed by atoms with Gasteiger partial charge in [0.05, 0.1) is 40.4 Å². The zero-order valence-electron chi connectivity index (χ0n) is 21.1. The first-order valence-electron chi connectivity index (χ1n) is 12.0. The van der Waals surface area contributed by atoms with E-state index in [-0.39, 0.29) is 23.7 Å². The van der Waals surface area contributed by atoms with Crippen LogP contribution in [0.25, 0.3) is 11.8 Å². The van der Waals surface area contributed by atoms with Crippen molar-refractivity contribution in [2.24, 2.45) is 4.99 Å². The quantitative estimate of drug-likeness (QED) is 0.163. The van der Waals surface area contributed by atoms with Gasteiger partial charge >= 0.3 is 5.97 Å². The van der Waals surface area contributed by atoms with E-state index in [2.05, 4.69) is 0 Å². The lowest BCUT2D eigenvalue weighted by molar-refractivity contribution is -0.384. The first kappa shape index (κ1) is 26.4. The van der Waals surface area contributed by atoms with Gasteiger partial charge in [-0.05, 0) is 78.0 Å². The van der Waals surface area contributed by atoms with Crippen LogP contribution in [-0.4, -0.2) is 43.7 Å². The summed E-state index contributed by atoms with van der Waals surface area (Å²) in [7, 11) is 1.57. The molecule has 1 saturated heterocycles. The van der Waals surface area contributed by atoms with Crippen LogP contribution in [0.3, 0.4) is 0 Å². The normalized spacial score (nSPS) is 15.1. The minimum atomic E-state index is -1.03. The fraction of sp³-hybridized carbons (Fsp3) is 0.0690. The molecule has 10 nitrogen and oxygen atoms in total. The van der Waals surface area contributed by atoms with Crippen molar-refractivity contribution in [3.63, 3.8) is 0 Å². The zero-order chi connectivity index (χ0) is 28.2. The second-order valence-electron chi connectivity index (χ2n) is 8.68. The van der Waals surface area contributed by atoms with E-state index in [0.717, 1.165) is 5.56 Å². The largest absolute Gasteiger partial charge is 0.497 e. The molecule has 0 radical (unpaired) electrons. The second-order valence-corrected chi connectivity index (χ2v) is 9.69. The molecule has 1 fully saturated rings. The molecular formula is C29H22N4O6S. The number of hydrogen-bond donors (Lipinski definition) is 1. The summed E-state index contributed by atoms with van der Waals surface area (Å²) in [5, 5.41) is 20.9. The molecule has 0 atom stereocenters. The fourth-order valence-corrected chi connectivity index (χ4v) is 5.05. The van der Waals surface area contributed by atoms with Crippen molar-refractivity contribution >= 4 is 46.3 Å². The van der Waals surface area contributed by atoms with Gasteiger partial charge in [-0.25, -0.2) is 9.79 Å². The molecule has 5 rings (SSSR count). The highest BCUT2D eigenvalue weighted by molar-refractivity contribution is 8.18. The number of amidine groups is 1. The Bertz CT molecular complexity index is 1660. The summed E-state index contributed by atoms with van der Waals surface area (Å²) in [5.74, 6) is -0.624. The highest BCUT2D eigenvalue weighted by Gasteiger charge is 2.34. The monoisotopic (exact) mass is 554 g/mol. The standard InChI is InChI=1S/C29H22N4O6S/c1-39-25-13-11-21(12-14-25)30-29-32(18-19-7-9-20(10-8-19)28(35)36)27(34)26(40-29)17-23-6-3-15-31(23)22-4-2-5-24(16-22)33(37)38/h2-17H,18H2,1H3,(H,35,36)/b26-17-,30-29?. The number of hydrogen-bond acceptors (Lipinski definition) is 7. The Morgan fingerprint density at radius 1 is 1.07 bits per heavy atom. The number of carbonyl (C=O) groups is 2. The number of amides is 1. The summed E-state index contributed by atoms with van der Waals surface area (Å²) < 4.78 is 6.98. The number of aromatic nitrogens is 1. The number of carboxylic acids is 1. The van der Waals surface area contributed by atoms with Crippen molar-refractivity contribution in [1.29, 1.82) is 0 Å². The lowest BCUT2D eigenvalue weighted by Gasteiger charge is -2.16. The summed E-state index contributed by atoms with van der Waals surface area (Å²) in [5.41, 5.74) is 2.73. The van der Waals surface area contributed by atoms with Gasteiger partial charge in [0.1, 0.15) is 5.75 Å². The van der Waals surface area contributed by atoms with E-state index >= 15 is 0 Å². The Balaban J connectivity index is 1.50. The van der Waals surface area contributed by atoms with E-state index in [9.17, 15) is 24.8 Å². The molecular weight excluding hydrogens is 532 g/mol. The number of aromatic carboxylic acids is 1. The minimum Gasteiger partial charge on any atom is -0.497 e. The minimum absolute atomic E-state index is 0.0369. The summed E-state index contributed by atoms with van der Waals surface area (Å²) in [6.07, 6.45) is 3.49. The maximum atomic E-state index is 13.6. The lowest BCUT2D eigenvalue weighted by Crippen LogP contribution is -2.28. The Morgan fingerprint density at radius 2 is 1.82 bits per heavy atom. The number of nitrogens with zero attached hydrogens (tertiary/aromatic N) is 4. The number of methoxy groups -OCH3 is 1. The molecule has 1 aliphatic heterocycles. The molecule has 0 aliphatic carbocycles. The van der Waals surface area contributed by atoms with Gasteiger partial charge in [-0.3, -0.25) is 19.8 Å². The molecule has 0 bridgehead atoms. The van der Waals surface area contributed by atoms with E-state index in [1.165, 1.54) is 40.9 Å². The van der Waals surface area contributed by atoms with Crippen molar-refractivity contribution in [3.05, 3.63) is 123 Å². The third-order valence-corrected chi connectivity index (χ3v) is 7.11. The van der Waals surface area contributed by atoms with Crippen LogP contribution in [0, 0.1) is 10.1 Å². The molecule has 200 valence electrons. The van der Waals surface area contributed by atoms with E-state index in [4.69, 9.17) is 9.73 Å². The number of aliphatic imine (C=N–C) groups is 1.